The minimum absolute atomic E-state index is 0.106. The Hall–Kier alpha value is -1.42. The molecule has 2 rings (SSSR count). The summed E-state index contributed by atoms with van der Waals surface area (Å²) in [6.45, 7) is 3.84. The summed E-state index contributed by atoms with van der Waals surface area (Å²) < 4.78 is 12.9. The van der Waals surface area contributed by atoms with Gasteiger partial charge in [0.05, 0.1) is 11.6 Å². The Labute approximate surface area is 107 Å². The number of carbonyl (C=O) groups excluding carboxylic acids is 1. The van der Waals surface area contributed by atoms with Gasteiger partial charge in [-0.05, 0) is 36.5 Å². The monoisotopic (exact) mass is 250 g/mol. The van der Waals surface area contributed by atoms with Gasteiger partial charge in [-0.3, -0.25) is 4.79 Å². The summed E-state index contributed by atoms with van der Waals surface area (Å²) in [7, 11) is 0. The maximum absolute atomic E-state index is 12.9. The zero-order chi connectivity index (χ0) is 13.3. The molecule has 0 saturated heterocycles. The van der Waals surface area contributed by atoms with Crippen molar-refractivity contribution in [3.05, 3.63) is 35.6 Å². The predicted octanol–water partition coefficient (Wildman–Crippen LogP) is 1.91. The quantitative estimate of drug-likeness (QED) is 0.857. The van der Waals surface area contributed by atoms with Gasteiger partial charge in [-0.2, -0.15) is 0 Å². The third-order valence-electron chi connectivity index (χ3n) is 3.53. The number of rotatable bonds is 4. The molecule has 98 valence electrons. The number of hydrogen-bond acceptors (Lipinski definition) is 2. The summed E-state index contributed by atoms with van der Waals surface area (Å²) in [5.74, 6) is -0.291. The molecule has 1 amide bonds. The van der Waals surface area contributed by atoms with Crippen molar-refractivity contribution in [2.75, 3.05) is 0 Å². The van der Waals surface area contributed by atoms with Crippen LogP contribution in [0, 0.1) is 11.7 Å². The van der Waals surface area contributed by atoms with Crippen molar-refractivity contribution in [1.29, 1.82) is 0 Å². The molecule has 0 bridgehead atoms. The topological polar surface area (TPSA) is 55.1 Å². The molecule has 0 aliphatic heterocycles. The maximum Gasteiger partial charge on any atom is 0.237 e. The molecule has 0 heterocycles. The van der Waals surface area contributed by atoms with E-state index in [0.29, 0.717) is 0 Å². The van der Waals surface area contributed by atoms with E-state index in [-0.39, 0.29) is 23.2 Å². The van der Waals surface area contributed by atoms with Crippen molar-refractivity contribution < 1.29 is 9.18 Å². The van der Waals surface area contributed by atoms with Gasteiger partial charge >= 0.3 is 0 Å². The Morgan fingerprint density at radius 2 is 1.89 bits per heavy atom. The third-order valence-corrected chi connectivity index (χ3v) is 3.53. The lowest BCUT2D eigenvalue weighted by Gasteiger charge is -2.22. The van der Waals surface area contributed by atoms with Gasteiger partial charge in [0.25, 0.3) is 0 Å². The SMILES string of the molecule is CC(C)C(N)C(=O)NC1(c2ccc(F)cc2)CC1. The average molecular weight is 250 g/mol. The first-order valence-corrected chi connectivity index (χ1v) is 6.28. The van der Waals surface area contributed by atoms with Crippen LogP contribution in [0.15, 0.2) is 24.3 Å². The number of amides is 1. The van der Waals surface area contributed by atoms with Gasteiger partial charge in [0, 0.05) is 0 Å². The van der Waals surface area contributed by atoms with Crippen molar-refractivity contribution in [1.82, 2.24) is 5.32 Å². The minimum Gasteiger partial charge on any atom is -0.345 e. The standard InChI is InChI=1S/C14H19FN2O/c1-9(2)12(16)13(18)17-14(7-8-14)10-3-5-11(15)6-4-10/h3-6,9,12H,7-8,16H2,1-2H3,(H,17,18). The molecule has 1 saturated carbocycles. The van der Waals surface area contributed by atoms with Crippen molar-refractivity contribution in [3.63, 3.8) is 0 Å². The molecule has 18 heavy (non-hydrogen) atoms. The molecule has 3 N–H and O–H groups in total. The Kier molecular flexibility index (Phi) is 3.39. The fourth-order valence-electron chi connectivity index (χ4n) is 2.00. The van der Waals surface area contributed by atoms with Crippen LogP contribution in [0.3, 0.4) is 0 Å². The predicted molar refractivity (Wildman–Crippen MR) is 68.3 cm³/mol. The Balaban J connectivity index is 2.09. The van der Waals surface area contributed by atoms with Crippen LogP contribution in [0.25, 0.3) is 0 Å². The lowest BCUT2D eigenvalue weighted by atomic mass is 10.0. The number of halogens is 1. The van der Waals surface area contributed by atoms with E-state index >= 15 is 0 Å². The van der Waals surface area contributed by atoms with Gasteiger partial charge in [0.15, 0.2) is 0 Å². The van der Waals surface area contributed by atoms with E-state index in [1.807, 2.05) is 13.8 Å². The van der Waals surface area contributed by atoms with E-state index in [9.17, 15) is 9.18 Å². The van der Waals surface area contributed by atoms with Crippen LogP contribution >= 0.6 is 0 Å². The second kappa shape index (κ2) is 4.69. The van der Waals surface area contributed by atoms with Gasteiger partial charge in [-0.25, -0.2) is 4.39 Å². The molecule has 1 aromatic rings. The van der Waals surface area contributed by atoms with E-state index in [1.165, 1.54) is 12.1 Å². The van der Waals surface area contributed by atoms with Crippen molar-refractivity contribution in [2.45, 2.75) is 38.3 Å². The fraction of sp³-hybridized carbons (Fsp3) is 0.500. The van der Waals surface area contributed by atoms with Gasteiger partial charge in [-0.1, -0.05) is 26.0 Å². The molecule has 1 atom stereocenters. The van der Waals surface area contributed by atoms with E-state index in [0.717, 1.165) is 18.4 Å². The highest BCUT2D eigenvalue weighted by Crippen LogP contribution is 2.45. The number of nitrogens with one attached hydrogen (secondary N) is 1. The Morgan fingerprint density at radius 1 is 1.33 bits per heavy atom. The van der Waals surface area contributed by atoms with Crippen molar-refractivity contribution in [3.8, 4) is 0 Å². The molecule has 1 fully saturated rings. The Morgan fingerprint density at radius 3 is 2.33 bits per heavy atom. The fourth-order valence-corrected chi connectivity index (χ4v) is 2.00. The molecule has 1 aliphatic rings. The summed E-state index contributed by atoms with van der Waals surface area (Å²) in [4.78, 5) is 12.0. The van der Waals surface area contributed by atoms with E-state index in [1.54, 1.807) is 12.1 Å². The summed E-state index contributed by atoms with van der Waals surface area (Å²) in [5.41, 5.74) is 6.46. The first-order valence-electron chi connectivity index (χ1n) is 6.28. The van der Waals surface area contributed by atoms with Crippen molar-refractivity contribution >= 4 is 5.91 Å². The molecule has 0 radical (unpaired) electrons. The van der Waals surface area contributed by atoms with Crippen LogP contribution in [0.1, 0.15) is 32.3 Å². The first kappa shape index (κ1) is 13.0. The van der Waals surface area contributed by atoms with E-state index in [4.69, 9.17) is 5.73 Å². The summed E-state index contributed by atoms with van der Waals surface area (Å²) >= 11 is 0. The number of nitrogens with two attached hydrogens (primary N) is 1. The number of hydrogen-bond donors (Lipinski definition) is 2. The van der Waals surface area contributed by atoms with Crippen LogP contribution < -0.4 is 11.1 Å². The molecule has 4 heteroatoms. The van der Waals surface area contributed by atoms with Gasteiger partial charge in [-0.15, -0.1) is 0 Å². The van der Waals surface area contributed by atoms with Crippen LogP contribution in [0.2, 0.25) is 0 Å². The molecule has 0 spiro atoms. The molecule has 1 aliphatic carbocycles. The highest BCUT2D eigenvalue weighted by Gasteiger charge is 2.46. The molecule has 0 aromatic heterocycles. The lowest BCUT2D eigenvalue weighted by molar-refractivity contribution is -0.124. The summed E-state index contributed by atoms with van der Waals surface area (Å²) in [6.07, 6.45) is 1.77. The number of carbonyl (C=O) groups is 1. The van der Waals surface area contributed by atoms with E-state index < -0.39 is 6.04 Å². The zero-order valence-electron chi connectivity index (χ0n) is 10.7. The van der Waals surface area contributed by atoms with Gasteiger partial charge in [0.1, 0.15) is 5.82 Å². The smallest absolute Gasteiger partial charge is 0.237 e. The van der Waals surface area contributed by atoms with Crippen molar-refractivity contribution in [2.24, 2.45) is 11.7 Å². The summed E-state index contributed by atoms with van der Waals surface area (Å²) in [5, 5.41) is 3.00. The molecule has 3 nitrogen and oxygen atoms in total. The largest absolute Gasteiger partial charge is 0.345 e. The maximum atomic E-state index is 12.9. The normalized spacial score (nSPS) is 18.5. The molecule has 1 unspecified atom stereocenters. The van der Waals surface area contributed by atoms with Gasteiger partial charge in [0.2, 0.25) is 5.91 Å². The van der Waals surface area contributed by atoms with Crippen LogP contribution in [0.5, 0.6) is 0 Å². The Bertz CT molecular complexity index is 438. The summed E-state index contributed by atoms with van der Waals surface area (Å²) in [6, 6.07) is 5.80. The second-order valence-electron chi connectivity index (χ2n) is 5.35. The van der Waals surface area contributed by atoms with Crippen LogP contribution in [0.4, 0.5) is 4.39 Å². The third kappa shape index (κ3) is 2.53. The van der Waals surface area contributed by atoms with E-state index in [2.05, 4.69) is 5.32 Å². The lowest BCUT2D eigenvalue weighted by Crippen LogP contribution is -2.47. The minimum atomic E-state index is -0.497. The first-order chi connectivity index (χ1) is 8.44. The van der Waals surface area contributed by atoms with Gasteiger partial charge < -0.3 is 11.1 Å². The molecular formula is C14H19FN2O. The highest BCUT2D eigenvalue weighted by molar-refractivity contribution is 5.83. The average Bonchev–Trinajstić information content (AvgIpc) is 3.09. The number of benzene rings is 1. The van der Waals surface area contributed by atoms with Crippen LogP contribution in [-0.2, 0) is 10.3 Å². The highest BCUT2D eigenvalue weighted by atomic mass is 19.1. The second-order valence-corrected chi connectivity index (χ2v) is 5.35. The van der Waals surface area contributed by atoms with Crippen LogP contribution in [-0.4, -0.2) is 11.9 Å². The molecule has 1 aromatic carbocycles. The zero-order valence-corrected chi connectivity index (χ0v) is 10.7. The molecular weight excluding hydrogens is 231 g/mol.